The van der Waals surface area contributed by atoms with Crippen LogP contribution < -0.4 is 5.84 Å². The fraction of sp³-hybridized carbons (Fsp3) is 0.714. The van der Waals surface area contributed by atoms with Gasteiger partial charge in [-0.1, -0.05) is 0 Å². The van der Waals surface area contributed by atoms with Crippen LogP contribution in [0.25, 0.3) is 0 Å². The van der Waals surface area contributed by atoms with Crippen LogP contribution in [0.5, 0.6) is 0 Å². The fourth-order valence-electron chi connectivity index (χ4n) is 1.23. The van der Waals surface area contributed by atoms with E-state index in [1.54, 1.807) is 5.01 Å². The van der Waals surface area contributed by atoms with E-state index >= 15 is 0 Å². The highest BCUT2D eigenvalue weighted by molar-refractivity contribution is 5.82. The molecule has 4 nitrogen and oxygen atoms in total. The van der Waals surface area contributed by atoms with Gasteiger partial charge in [0.25, 0.3) is 0 Å². The van der Waals surface area contributed by atoms with E-state index in [9.17, 15) is 4.39 Å². The highest BCUT2D eigenvalue weighted by atomic mass is 19.1. The molecule has 68 valence electrons. The third kappa shape index (κ3) is 1.93. The lowest BCUT2D eigenvalue weighted by Gasteiger charge is -2.15. The van der Waals surface area contributed by atoms with Gasteiger partial charge in [-0.25, -0.2) is 4.39 Å². The minimum Gasteiger partial charge on any atom is -0.322 e. The predicted octanol–water partition coefficient (Wildman–Crippen LogP) is 0.698. The van der Waals surface area contributed by atoms with Gasteiger partial charge in [0.05, 0.1) is 0 Å². The molecular formula is C7H13FN4. The normalized spacial score (nSPS) is 28.6. The largest absolute Gasteiger partial charge is 0.322 e. The quantitative estimate of drug-likeness (QED) is 0.359. The lowest BCUT2D eigenvalue weighted by atomic mass is 10.2. The van der Waals surface area contributed by atoms with Crippen molar-refractivity contribution in [2.45, 2.75) is 25.4 Å². The molecule has 1 rings (SSSR count). The summed E-state index contributed by atoms with van der Waals surface area (Å²) in [5, 5.41) is 8.79. The van der Waals surface area contributed by atoms with E-state index in [0.717, 1.165) is 0 Å². The molecule has 0 bridgehead atoms. The highest BCUT2D eigenvalue weighted by Crippen LogP contribution is 2.15. The van der Waals surface area contributed by atoms with Crippen LogP contribution in [-0.2, 0) is 0 Å². The molecule has 2 N–H and O–H groups in total. The standard InChI is InChI=1S/C7H13FN4/c1-10-12-5-4-6(8)2-3-7(12)11-9/h6H,1-5,9H2/b11-7-. The second kappa shape index (κ2) is 4.04. The first-order valence-corrected chi connectivity index (χ1v) is 3.93. The number of hydrogen-bond donors (Lipinski definition) is 1. The zero-order valence-electron chi connectivity index (χ0n) is 6.91. The van der Waals surface area contributed by atoms with Crippen molar-refractivity contribution in [1.29, 1.82) is 0 Å². The molecule has 12 heavy (non-hydrogen) atoms. The summed E-state index contributed by atoms with van der Waals surface area (Å²) in [6, 6.07) is 0. The molecule has 1 fully saturated rings. The van der Waals surface area contributed by atoms with Crippen LogP contribution in [0.1, 0.15) is 19.3 Å². The van der Waals surface area contributed by atoms with Crippen molar-refractivity contribution in [3.05, 3.63) is 0 Å². The fourth-order valence-corrected chi connectivity index (χ4v) is 1.23. The Morgan fingerprint density at radius 1 is 1.58 bits per heavy atom. The maximum absolute atomic E-state index is 12.9. The minimum atomic E-state index is -0.770. The number of hydrazone groups is 2. The van der Waals surface area contributed by atoms with E-state index in [1.165, 1.54) is 0 Å². The summed E-state index contributed by atoms with van der Waals surface area (Å²) in [5.74, 6) is 5.74. The first-order valence-electron chi connectivity index (χ1n) is 3.93. The zero-order valence-corrected chi connectivity index (χ0v) is 6.91. The molecule has 0 aliphatic carbocycles. The van der Waals surface area contributed by atoms with Crippen molar-refractivity contribution in [1.82, 2.24) is 5.01 Å². The van der Waals surface area contributed by atoms with Gasteiger partial charge in [0.1, 0.15) is 12.0 Å². The molecule has 1 heterocycles. The molecule has 1 aliphatic heterocycles. The molecule has 1 unspecified atom stereocenters. The van der Waals surface area contributed by atoms with E-state index in [-0.39, 0.29) is 0 Å². The topological polar surface area (TPSA) is 54.0 Å². The van der Waals surface area contributed by atoms with E-state index in [4.69, 9.17) is 5.84 Å². The molecule has 1 atom stereocenters. The van der Waals surface area contributed by atoms with Crippen LogP contribution in [0, 0.1) is 0 Å². The van der Waals surface area contributed by atoms with Gasteiger partial charge in [0, 0.05) is 19.7 Å². The van der Waals surface area contributed by atoms with Gasteiger partial charge in [0.2, 0.25) is 0 Å². The summed E-state index contributed by atoms with van der Waals surface area (Å²) < 4.78 is 12.9. The summed E-state index contributed by atoms with van der Waals surface area (Å²) in [4.78, 5) is 0. The highest BCUT2D eigenvalue weighted by Gasteiger charge is 2.19. The summed E-state index contributed by atoms with van der Waals surface area (Å²) in [7, 11) is 0. The van der Waals surface area contributed by atoms with Crippen molar-refractivity contribution in [3.8, 4) is 0 Å². The number of alkyl halides is 1. The van der Waals surface area contributed by atoms with Gasteiger partial charge in [-0.15, -0.1) is 0 Å². The maximum Gasteiger partial charge on any atom is 0.144 e. The second-order valence-corrected chi connectivity index (χ2v) is 2.73. The smallest absolute Gasteiger partial charge is 0.144 e. The van der Waals surface area contributed by atoms with Crippen molar-refractivity contribution in [2.75, 3.05) is 6.54 Å². The van der Waals surface area contributed by atoms with Gasteiger partial charge in [-0.3, -0.25) is 5.01 Å². The number of nitrogens with two attached hydrogens (primary N) is 1. The van der Waals surface area contributed by atoms with Gasteiger partial charge in [-0.2, -0.15) is 10.2 Å². The van der Waals surface area contributed by atoms with Crippen molar-refractivity contribution in [3.63, 3.8) is 0 Å². The Hall–Kier alpha value is -1.13. The summed E-state index contributed by atoms with van der Waals surface area (Å²) in [6.07, 6.45) is 0.713. The van der Waals surface area contributed by atoms with Crippen LogP contribution in [0.3, 0.4) is 0 Å². The van der Waals surface area contributed by atoms with Crippen LogP contribution in [-0.4, -0.2) is 30.3 Å². The Morgan fingerprint density at radius 2 is 2.33 bits per heavy atom. The molecule has 1 aliphatic rings. The summed E-state index contributed by atoms with van der Waals surface area (Å²) in [5.41, 5.74) is 0. The summed E-state index contributed by atoms with van der Waals surface area (Å²) in [6.45, 7) is 3.88. The van der Waals surface area contributed by atoms with Crippen molar-refractivity contribution >= 4 is 12.6 Å². The Labute approximate surface area is 70.9 Å². The van der Waals surface area contributed by atoms with Gasteiger partial charge in [-0.05, 0) is 12.8 Å². The predicted molar refractivity (Wildman–Crippen MR) is 46.6 cm³/mol. The average molecular weight is 172 g/mol. The number of amidine groups is 1. The van der Waals surface area contributed by atoms with Gasteiger partial charge >= 0.3 is 0 Å². The molecule has 0 aromatic carbocycles. The van der Waals surface area contributed by atoms with Crippen molar-refractivity contribution < 1.29 is 4.39 Å². The first-order chi connectivity index (χ1) is 5.77. The Balaban J connectivity index is 2.65. The lowest BCUT2D eigenvalue weighted by Crippen LogP contribution is -2.25. The maximum atomic E-state index is 12.9. The molecule has 0 aromatic rings. The van der Waals surface area contributed by atoms with Crippen LogP contribution >= 0.6 is 0 Å². The van der Waals surface area contributed by atoms with Gasteiger partial charge in [0.15, 0.2) is 0 Å². The lowest BCUT2D eigenvalue weighted by molar-refractivity contribution is 0.290. The van der Waals surface area contributed by atoms with E-state index in [2.05, 4.69) is 16.9 Å². The third-order valence-corrected chi connectivity index (χ3v) is 1.95. The van der Waals surface area contributed by atoms with E-state index in [1.807, 2.05) is 0 Å². The van der Waals surface area contributed by atoms with Gasteiger partial charge < -0.3 is 5.84 Å². The Kier molecular flexibility index (Phi) is 3.01. The SMILES string of the molecule is C=NN1CCC(F)CC/C1=N/N. The van der Waals surface area contributed by atoms with Crippen molar-refractivity contribution in [2.24, 2.45) is 16.0 Å². The zero-order chi connectivity index (χ0) is 8.97. The number of halogens is 1. The monoisotopic (exact) mass is 172 g/mol. The number of hydrogen-bond acceptors (Lipinski definition) is 3. The van der Waals surface area contributed by atoms with E-state index < -0.39 is 6.17 Å². The second-order valence-electron chi connectivity index (χ2n) is 2.73. The van der Waals surface area contributed by atoms with Crippen LogP contribution in [0.2, 0.25) is 0 Å². The molecular weight excluding hydrogens is 159 g/mol. The Morgan fingerprint density at radius 3 is 2.92 bits per heavy atom. The van der Waals surface area contributed by atoms with Crippen LogP contribution in [0.4, 0.5) is 4.39 Å². The first kappa shape index (κ1) is 8.96. The number of nitrogens with zero attached hydrogens (tertiary/aromatic N) is 3. The minimum absolute atomic E-state index is 0.470. The molecule has 0 spiro atoms. The van der Waals surface area contributed by atoms with Crippen LogP contribution in [0.15, 0.2) is 10.2 Å². The molecule has 1 saturated heterocycles. The molecule has 0 radical (unpaired) electrons. The average Bonchev–Trinajstić information content (AvgIpc) is 2.27. The number of rotatable bonds is 1. The van der Waals surface area contributed by atoms with E-state index in [0.29, 0.717) is 31.6 Å². The molecule has 0 amide bonds. The molecule has 5 heteroatoms. The molecule has 0 aromatic heterocycles. The third-order valence-electron chi connectivity index (χ3n) is 1.95. The summed E-state index contributed by atoms with van der Waals surface area (Å²) >= 11 is 0. The Bertz CT molecular complexity index is 192. The molecule has 0 saturated carbocycles.